The number of rotatable bonds is 5. The number of nitrogens with one attached hydrogen (secondary N) is 1. The summed E-state index contributed by atoms with van der Waals surface area (Å²) in [7, 11) is 0. The molecule has 1 aliphatic carbocycles. The first-order chi connectivity index (χ1) is 7.20. The van der Waals surface area contributed by atoms with Gasteiger partial charge in [-0.15, -0.1) is 0 Å². The Morgan fingerprint density at radius 3 is 3.20 bits per heavy atom. The first-order valence-electron chi connectivity index (χ1n) is 5.16. The van der Waals surface area contributed by atoms with Gasteiger partial charge in [0.1, 0.15) is 6.26 Å². The van der Waals surface area contributed by atoms with Crippen molar-refractivity contribution in [3.05, 3.63) is 12.0 Å². The third-order valence-electron chi connectivity index (χ3n) is 2.61. The van der Waals surface area contributed by atoms with Gasteiger partial charge in [0.25, 0.3) is 6.01 Å². The quantitative estimate of drug-likeness (QED) is 0.777. The zero-order valence-electron chi connectivity index (χ0n) is 8.56. The second kappa shape index (κ2) is 3.92. The Morgan fingerprint density at radius 2 is 2.60 bits per heavy atom. The van der Waals surface area contributed by atoms with Crippen LogP contribution in [0.2, 0.25) is 0 Å². The van der Waals surface area contributed by atoms with E-state index in [1.54, 1.807) is 0 Å². The van der Waals surface area contributed by atoms with E-state index in [4.69, 9.17) is 9.52 Å². The van der Waals surface area contributed by atoms with Crippen molar-refractivity contribution >= 4 is 12.0 Å². The molecule has 82 valence electrons. The van der Waals surface area contributed by atoms with E-state index >= 15 is 0 Å². The van der Waals surface area contributed by atoms with E-state index in [9.17, 15) is 4.79 Å². The number of hydrogen-bond acceptors (Lipinski definition) is 4. The normalized spacial score (nSPS) is 23.8. The third kappa shape index (κ3) is 2.29. The molecule has 0 bridgehead atoms. The molecule has 2 atom stereocenters. The topological polar surface area (TPSA) is 75.4 Å². The summed E-state index contributed by atoms with van der Waals surface area (Å²) in [5.74, 6) is -0.372. The largest absolute Gasteiger partial charge is 0.476 e. The number of anilines is 1. The second-order valence-corrected chi connectivity index (χ2v) is 3.88. The fourth-order valence-electron chi connectivity index (χ4n) is 1.71. The molecule has 5 heteroatoms. The number of aromatic nitrogens is 1. The van der Waals surface area contributed by atoms with Crippen LogP contribution in [0.4, 0.5) is 6.01 Å². The maximum atomic E-state index is 10.5. The lowest BCUT2D eigenvalue weighted by Crippen LogP contribution is -2.05. The number of carboxylic acids is 1. The smallest absolute Gasteiger partial charge is 0.357 e. The molecule has 1 saturated carbocycles. The molecule has 0 radical (unpaired) electrons. The minimum atomic E-state index is -1.06. The van der Waals surface area contributed by atoms with Crippen LogP contribution in [0.25, 0.3) is 0 Å². The highest BCUT2D eigenvalue weighted by Crippen LogP contribution is 2.36. The molecule has 0 aliphatic heterocycles. The Hall–Kier alpha value is -1.52. The molecule has 2 rings (SSSR count). The number of hydrogen-bond donors (Lipinski definition) is 2. The standard InChI is InChI=1S/C10H14N2O3/c1-2-3-6-4-7(6)11-10-12-8(5-15-10)9(13)14/h5-7H,2-4H2,1H3,(H,11,12)(H,13,14). The SMILES string of the molecule is CCCC1CC1Nc1nc(C(=O)O)co1. The van der Waals surface area contributed by atoms with Crippen molar-refractivity contribution in [1.82, 2.24) is 4.98 Å². The van der Waals surface area contributed by atoms with Gasteiger partial charge in [0.2, 0.25) is 0 Å². The minimum Gasteiger partial charge on any atom is -0.476 e. The van der Waals surface area contributed by atoms with Crippen LogP contribution in [0.3, 0.4) is 0 Å². The summed E-state index contributed by atoms with van der Waals surface area (Å²) in [6.07, 6.45) is 4.65. The number of carbonyl (C=O) groups is 1. The highest BCUT2D eigenvalue weighted by Gasteiger charge is 2.36. The van der Waals surface area contributed by atoms with Crippen LogP contribution < -0.4 is 5.32 Å². The number of carboxylic acid groups (broad SMARTS) is 1. The number of aromatic carboxylic acids is 1. The van der Waals surface area contributed by atoms with E-state index in [1.165, 1.54) is 12.8 Å². The third-order valence-corrected chi connectivity index (χ3v) is 2.61. The molecule has 1 heterocycles. The van der Waals surface area contributed by atoms with Crippen LogP contribution in [0.5, 0.6) is 0 Å². The van der Waals surface area contributed by atoms with E-state index in [-0.39, 0.29) is 5.69 Å². The maximum absolute atomic E-state index is 10.5. The molecule has 0 aromatic carbocycles. The van der Waals surface area contributed by atoms with Gasteiger partial charge < -0.3 is 14.8 Å². The van der Waals surface area contributed by atoms with Crippen molar-refractivity contribution in [1.29, 1.82) is 0 Å². The zero-order chi connectivity index (χ0) is 10.8. The van der Waals surface area contributed by atoms with Crippen LogP contribution >= 0.6 is 0 Å². The molecule has 1 fully saturated rings. The monoisotopic (exact) mass is 210 g/mol. The number of oxazole rings is 1. The average molecular weight is 210 g/mol. The summed E-state index contributed by atoms with van der Waals surface area (Å²) in [6, 6.07) is 0.723. The molecule has 0 spiro atoms. The van der Waals surface area contributed by atoms with E-state index in [1.807, 2.05) is 0 Å². The van der Waals surface area contributed by atoms with E-state index in [2.05, 4.69) is 17.2 Å². The van der Waals surface area contributed by atoms with Crippen molar-refractivity contribution in [3.63, 3.8) is 0 Å². The lowest BCUT2D eigenvalue weighted by atomic mass is 10.2. The summed E-state index contributed by atoms with van der Waals surface area (Å²) >= 11 is 0. The average Bonchev–Trinajstić information content (AvgIpc) is 2.75. The van der Waals surface area contributed by atoms with Crippen LogP contribution in [0, 0.1) is 5.92 Å². The highest BCUT2D eigenvalue weighted by molar-refractivity contribution is 5.85. The lowest BCUT2D eigenvalue weighted by molar-refractivity contribution is 0.0690. The van der Waals surface area contributed by atoms with Gasteiger partial charge in [-0.05, 0) is 18.8 Å². The zero-order valence-corrected chi connectivity index (χ0v) is 8.56. The van der Waals surface area contributed by atoms with Gasteiger partial charge in [0.05, 0.1) is 0 Å². The summed E-state index contributed by atoms with van der Waals surface area (Å²) in [5.41, 5.74) is -0.0507. The molecule has 1 aromatic heterocycles. The Kier molecular flexibility index (Phi) is 2.62. The van der Waals surface area contributed by atoms with Crippen LogP contribution in [-0.2, 0) is 0 Å². The summed E-state index contributed by atoms with van der Waals surface area (Å²) in [5, 5.41) is 11.7. The first kappa shape index (κ1) is 10.0. The van der Waals surface area contributed by atoms with Crippen LogP contribution in [0.1, 0.15) is 36.7 Å². The summed E-state index contributed by atoms with van der Waals surface area (Å²) < 4.78 is 5.00. The minimum absolute atomic E-state index is 0.0507. The summed E-state index contributed by atoms with van der Waals surface area (Å²) in [4.78, 5) is 14.3. The Balaban J connectivity index is 1.87. The molecular formula is C10H14N2O3. The second-order valence-electron chi connectivity index (χ2n) is 3.88. The van der Waals surface area contributed by atoms with E-state index in [0.29, 0.717) is 18.0 Å². The van der Waals surface area contributed by atoms with E-state index in [0.717, 1.165) is 12.7 Å². The van der Waals surface area contributed by atoms with E-state index < -0.39 is 5.97 Å². The molecule has 1 aliphatic rings. The molecule has 2 unspecified atom stereocenters. The molecule has 0 saturated heterocycles. The Labute approximate surface area is 87.5 Å². The lowest BCUT2D eigenvalue weighted by Gasteiger charge is -1.98. The fraction of sp³-hybridized carbons (Fsp3) is 0.600. The van der Waals surface area contributed by atoms with Gasteiger partial charge >= 0.3 is 5.97 Å². The van der Waals surface area contributed by atoms with Crippen molar-refractivity contribution < 1.29 is 14.3 Å². The van der Waals surface area contributed by atoms with Gasteiger partial charge in [-0.3, -0.25) is 0 Å². The van der Waals surface area contributed by atoms with Crippen molar-refractivity contribution in [3.8, 4) is 0 Å². The Bertz CT molecular complexity index is 361. The molecule has 2 N–H and O–H groups in total. The molecule has 0 amide bonds. The summed E-state index contributed by atoms with van der Waals surface area (Å²) in [6.45, 7) is 2.16. The highest BCUT2D eigenvalue weighted by atomic mass is 16.4. The van der Waals surface area contributed by atoms with Crippen LogP contribution in [-0.4, -0.2) is 22.1 Å². The van der Waals surface area contributed by atoms with Gasteiger partial charge in [0, 0.05) is 6.04 Å². The predicted octanol–water partition coefficient (Wildman–Crippen LogP) is 1.97. The fourth-order valence-corrected chi connectivity index (χ4v) is 1.71. The molecule has 1 aromatic rings. The van der Waals surface area contributed by atoms with Gasteiger partial charge in [-0.25, -0.2) is 4.79 Å². The van der Waals surface area contributed by atoms with Crippen molar-refractivity contribution in [2.45, 2.75) is 32.2 Å². The van der Waals surface area contributed by atoms with Gasteiger partial charge in [0.15, 0.2) is 5.69 Å². The molecule has 15 heavy (non-hydrogen) atoms. The predicted molar refractivity (Wildman–Crippen MR) is 53.9 cm³/mol. The maximum Gasteiger partial charge on any atom is 0.357 e. The number of nitrogens with zero attached hydrogens (tertiary/aromatic N) is 1. The van der Waals surface area contributed by atoms with Gasteiger partial charge in [-0.1, -0.05) is 13.3 Å². The van der Waals surface area contributed by atoms with Crippen LogP contribution in [0.15, 0.2) is 10.7 Å². The van der Waals surface area contributed by atoms with Gasteiger partial charge in [-0.2, -0.15) is 4.98 Å². The first-order valence-corrected chi connectivity index (χ1v) is 5.16. The van der Waals surface area contributed by atoms with Crippen molar-refractivity contribution in [2.75, 3.05) is 5.32 Å². The molecule has 5 nitrogen and oxygen atoms in total. The van der Waals surface area contributed by atoms with Crippen molar-refractivity contribution in [2.24, 2.45) is 5.92 Å². The molecular weight excluding hydrogens is 196 g/mol. The Morgan fingerprint density at radius 1 is 1.80 bits per heavy atom.